The third kappa shape index (κ3) is 4.35. The molecule has 0 N–H and O–H groups in total. The predicted octanol–water partition coefficient (Wildman–Crippen LogP) is 4.93. The molecule has 2 aromatic heterocycles. The van der Waals surface area contributed by atoms with Crippen molar-refractivity contribution in [1.82, 2.24) is 9.97 Å². The number of nitrogens with zero attached hydrogens (tertiary/aromatic N) is 4. The highest BCUT2D eigenvalue weighted by Gasteiger charge is 2.08. The van der Waals surface area contributed by atoms with Crippen molar-refractivity contribution in [2.24, 2.45) is 10.4 Å². The van der Waals surface area contributed by atoms with E-state index in [1.165, 1.54) is 21.6 Å². The van der Waals surface area contributed by atoms with Crippen molar-refractivity contribution >= 4 is 21.6 Å². The van der Waals surface area contributed by atoms with Gasteiger partial charge in [0.25, 0.3) is 0 Å². The zero-order valence-corrected chi connectivity index (χ0v) is 13.7. The third-order valence-electron chi connectivity index (χ3n) is 3.01. The lowest BCUT2D eigenvalue weighted by atomic mass is 10.2. The van der Waals surface area contributed by atoms with E-state index in [1.807, 2.05) is 24.3 Å². The molecule has 0 saturated carbocycles. The molecule has 22 heavy (non-hydrogen) atoms. The number of pyridine rings is 2. The fourth-order valence-corrected chi connectivity index (χ4v) is 3.30. The van der Waals surface area contributed by atoms with Crippen molar-refractivity contribution < 1.29 is 0 Å². The highest BCUT2D eigenvalue weighted by atomic mass is 33.1. The van der Waals surface area contributed by atoms with E-state index in [2.05, 4.69) is 20.3 Å². The van der Waals surface area contributed by atoms with Crippen LogP contribution in [0.25, 0.3) is 0 Å². The second-order valence-electron chi connectivity index (χ2n) is 4.59. The summed E-state index contributed by atoms with van der Waals surface area (Å²) in [5.41, 5.74) is 1.59. The van der Waals surface area contributed by atoms with Gasteiger partial charge in [0.1, 0.15) is 22.1 Å². The number of rotatable bonds is 7. The van der Waals surface area contributed by atoms with Crippen molar-refractivity contribution in [3.63, 3.8) is 0 Å². The maximum absolute atomic E-state index is 10.5. The summed E-state index contributed by atoms with van der Waals surface area (Å²) in [5, 5.41) is 7.58. The van der Waals surface area contributed by atoms with Crippen LogP contribution in [-0.4, -0.2) is 9.97 Å². The summed E-state index contributed by atoms with van der Waals surface area (Å²) in [6.07, 6.45) is 3.31. The van der Waals surface area contributed by atoms with Gasteiger partial charge in [0.15, 0.2) is 0 Å². The summed E-state index contributed by atoms with van der Waals surface area (Å²) in [4.78, 5) is 29.5. The van der Waals surface area contributed by atoms with Gasteiger partial charge >= 0.3 is 0 Å². The Balaban J connectivity index is 1.95. The van der Waals surface area contributed by atoms with Gasteiger partial charge in [0.2, 0.25) is 0 Å². The quantitative estimate of drug-likeness (QED) is 0.527. The molecular formula is C14H14N4O2S2. The van der Waals surface area contributed by atoms with Crippen LogP contribution in [0.15, 0.2) is 57.1 Å². The van der Waals surface area contributed by atoms with Crippen molar-refractivity contribution in [3.05, 3.63) is 57.6 Å². The van der Waals surface area contributed by atoms with Crippen molar-refractivity contribution in [1.29, 1.82) is 0 Å². The first-order chi connectivity index (χ1) is 10.6. The monoisotopic (exact) mass is 334 g/mol. The summed E-state index contributed by atoms with van der Waals surface area (Å²) >= 11 is 0. The van der Waals surface area contributed by atoms with Gasteiger partial charge in [-0.05, 0) is 58.7 Å². The lowest BCUT2D eigenvalue weighted by molar-refractivity contribution is 0.800. The molecule has 114 valence electrons. The Labute approximate surface area is 135 Å². The number of hydrogen-bond acceptors (Lipinski definition) is 8. The Morgan fingerprint density at radius 3 is 1.50 bits per heavy atom. The van der Waals surface area contributed by atoms with E-state index in [4.69, 9.17) is 0 Å². The number of aromatic nitrogens is 2. The van der Waals surface area contributed by atoms with E-state index in [0.29, 0.717) is 0 Å². The highest BCUT2D eigenvalue weighted by molar-refractivity contribution is 8.76. The zero-order chi connectivity index (χ0) is 15.9. The van der Waals surface area contributed by atoms with Gasteiger partial charge in [-0.25, -0.2) is 9.97 Å². The average Bonchev–Trinajstić information content (AvgIpc) is 2.59. The summed E-state index contributed by atoms with van der Waals surface area (Å²) in [6.45, 7) is 3.46. The van der Waals surface area contributed by atoms with E-state index < -0.39 is 0 Å². The lowest BCUT2D eigenvalue weighted by Crippen LogP contribution is -1.90. The summed E-state index contributed by atoms with van der Waals surface area (Å²) in [5.74, 6) is 0. The molecule has 0 amide bonds. The predicted molar refractivity (Wildman–Crippen MR) is 88.6 cm³/mol. The van der Waals surface area contributed by atoms with Crippen molar-refractivity contribution in [2.75, 3.05) is 0 Å². The molecule has 8 heteroatoms. The van der Waals surface area contributed by atoms with E-state index in [-0.39, 0.29) is 12.1 Å². The minimum Gasteiger partial charge on any atom is -0.249 e. The highest BCUT2D eigenvalue weighted by Crippen LogP contribution is 2.35. The molecule has 2 atom stereocenters. The van der Waals surface area contributed by atoms with Crippen LogP contribution >= 0.6 is 21.6 Å². The SMILES string of the molecule is CC(N=O)c1ccc(SSc2ccc(C(C)N=O)cn2)nc1. The van der Waals surface area contributed by atoms with Crippen LogP contribution in [0.5, 0.6) is 0 Å². The van der Waals surface area contributed by atoms with Crippen LogP contribution in [0.3, 0.4) is 0 Å². The topological polar surface area (TPSA) is 84.6 Å². The van der Waals surface area contributed by atoms with Crippen LogP contribution in [0.2, 0.25) is 0 Å². The van der Waals surface area contributed by atoms with Gasteiger partial charge in [-0.15, -0.1) is 0 Å². The molecule has 0 fully saturated rings. The van der Waals surface area contributed by atoms with E-state index in [1.54, 1.807) is 26.2 Å². The molecule has 0 radical (unpaired) electrons. The van der Waals surface area contributed by atoms with Crippen LogP contribution in [-0.2, 0) is 0 Å². The Morgan fingerprint density at radius 1 is 0.818 bits per heavy atom. The molecule has 0 aliphatic carbocycles. The maximum atomic E-state index is 10.5. The summed E-state index contributed by atoms with van der Waals surface area (Å²) < 4.78 is 0. The number of nitroso groups, excluding NO2 is 2. The van der Waals surface area contributed by atoms with Crippen molar-refractivity contribution in [2.45, 2.75) is 36.0 Å². The fourth-order valence-electron chi connectivity index (χ4n) is 1.58. The largest absolute Gasteiger partial charge is 0.249 e. The molecule has 0 spiro atoms. The van der Waals surface area contributed by atoms with Gasteiger partial charge in [-0.3, -0.25) is 0 Å². The molecule has 2 heterocycles. The molecular weight excluding hydrogens is 320 g/mol. The van der Waals surface area contributed by atoms with Crippen LogP contribution in [0, 0.1) is 9.81 Å². The third-order valence-corrected chi connectivity index (χ3v) is 5.19. The number of hydrogen-bond donors (Lipinski definition) is 0. The minimum absolute atomic E-state index is 0.387. The van der Waals surface area contributed by atoms with E-state index in [9.17, 15) is 9.81 Å². The lowest BCUT2D eigenvalue weighted by Gasteiger charge is -2.05. The van der Waals surface area contributed by atoms with Crippen molar-refractivity contribution in [3.8, 4) is 0 Å². The Kier molecular flexibility index (Phi) is 6.02. The fraction of sp³-hybridized carbons (Fsp3) is 0.286. The summed E-state index contributed by atoms with van der Waals surface area (Å²) in [6, 6.07) is 6.61. The van der Waals surface area contributed by atoms with Gasteiger partial charge in [0, 0.05) is 12.4 Å². The zero-order valence-electron chi connectivity index (χ0n) is 12.0. The standard InChI is InChI=1S/C14H14N4O2S2/c1-9(17-19)11-3-5-13(15-7-11)21-22-14-6-4-12(8-16-14)10(2)18-20/h3-10H,1-2H3. The Morgan fingerprint density at radius 2 is 1.23 bits per heavy atom. The Bertz CT molecular complexity index is 577. The van der Waals surface area contributed by atoms with Gasteiger partial charge in [-0.2, -0.15) is 9.81 Å². The second-order valence-corrected chi connectivity index (χ2v) is 6.76. The van der Waals surface area contributed by atoms with Gasteiger partial charge in [0.05, 0.1) is 0 Å². The average molecular weight is 334 g/mol. The first kappa shape index (κ1) is 16.6. The maximum Gasteiger partial charge on any atom is 0.116 e. The first-order valence-electron chi connectivity index (χ1n) is 6.55. The molecule has 0 aromatic carbocycles. The normalized spacial score (nSPS) is 13.4. The molecule has 0 aliphatic rings. The van der Waals surface area contributed by atoms with Gasteiger partial charge in [-0.1, -0.05) is 22.5 Å². The second kappa shape index (κ2) is 8.00. The van der Waals surface area contributed by atoms with Crippen LogP contribution < -0.4 is 0 Å². The van der Waals surface area contributed by atoms with E-state index >= 15 is 0 Å². The van der Waals surface area contributed by atoms with Crippen LogP contribution in [0.4, 0.5) is 0 Å². The minimum atomic E-state index is -0.387. The molecule has 0 saturated heterocycles. The molecule has 0 bridgehead atoms. The van der Waals surface area contributed by atoms with Crippen LogP contribution in [0.1, 0.15) is 37.1 Å². The molecule has 2 aromatic rings. The summed E-state index contributed by atoms with van der Waals surface area (Å²) in [7, 11) is 2.94. The van der Waals surface area contributed by atoms with E-state index in [0.717, 1.165) is 21.2 Å². The first-order valence-corrected chi connectivity index (χ1v) is 8.70. The smallest absolute Gasteiger partial charge is 0.116 e. The molecule has 6 nitrogen and oxygen atoms in total. The molecule has 2 rings (SSSR count). The molecule has 2 unspecified atom stereocenters. The Hall–Kier alpha value is -1.80. The van der Waals surface area contributed by atoms with Gasteiger partial charge < -0.3 is 0 Å². The molecule has 0 aliphatic heterocycles.